The van der Waals surface area contributed by atoms with Crippen LogP contribution in [0.1, 0.15) is 42.8 Å². The number of carbonyl (C=O) groups excluding carboxylic acids is 1. The summed E-state index contributed by atoms with van der Waals surface area (Å²) in [6, 6.07) is 21.8. The fraction of sp³-hybridized carbons (Fsp3) is 0.207. The van der Waals surface area contributed by atoms with Gasteiger partial charge in [-0.2, -0.15) is 5.10 Å². The Kier molecular flexibility index (Phi) is 6.80. The minimum absolute atomic E-state index is 0.00249. The predicted octanol–water partition coefficient (Wildman–Crippen LogP) is 4.93. The maximum absolute atomic E-state index is 12.8. The van der Waals surface area contributed by atoms with E-state index in [4.69, 9.17) is 4.98 Å². The molecule has 0 aliphatic heterocycles. The maximum Gasteiger partial charge on any atom is 0.262 e. The lowest BCUT2D eigenvalue weighted by Crippen LogP contribution is -2.20. The highest BCUT2D eigenvalue weighted by Crippen LogP contribution is 2.22. The van der Waals surface area contributed by atoms with Gasteiger partial charge < -0.3 is 4.98 Å². The molecule has 36 heavy (non-hydrogen) atoms. The van der Waals surface area contributed by atoms with Crippen LogP contribution in [-0.4, -0.2) is 30.5 Å². The number of rotatable bonds is 9. The van der Waals surface area contributed by atoms with E-state index >= 15 is 0 Å². The van der Waals surface area contributed by atoms with Crippen molar-refractivity contribution < 1.29 is 4.79 Å². The second kappa shape index (κ2) is 10.5. The third-order valence-corrected chi connectivity index (χ3v) is 6.38. The molecule has 1 N–H and O–H groups in total. The first-order chi connectivity index (χ1) is 17.6. The molecule has 0 saturated carbocycles. The first-order valence-electron chi connectivity index (χ1n) is 12.1. The molecule has 0 aliphatic rings. The Morgan fingerprint density at radius 1 is 0.944 bits per heavy atom. The average Bonchev–Trinajstić information content (AvgIpc) is 3.32. The first kappa shape index (κ1) is 23.4. The number of aromatic amines is 1. The van der Waals surface area contributed by atoms with E-state index in [0.717, 1.165) is 29.5 Å². The molecule has 5 rings (SSSR count). The number of H-pyrrole nitrogens is 1. The van der Waals surface area contributed by atoms with Gasteiger partial charge in [0, 0.05) is 18.8 Å². The van der Waals surface area contributed by atoms with Crippen molar-refractivity contribution >= 4 is 16.8 Å². The summed E-state index contributed by atoms with van der Waals surface area (Å²) < 4.78 is 1.62. The van der Waals surface area contributed by atoms with E-state index in [-0.39, 0.29) is 11.3 Å². The highest BCUT2D eigenvalue weighted by molar-refractivity contribution is 5.82. The number of pyridine rings is 1. The van der Waals surface area contributed by atoms with Crippen LogP contribution < -0.4 is 5.56 Å². The van der Waals surface area contributed by atoms with Crippen molar-refractivity contribution in [2.75, 3.05) is 0 Å². The molecule has 1 atom stereocenters. The third kappa shape index (κ3) is 5.15. The lowest BCUT2D eigenvalue weighted by atomic mass is 10.0. The molecule has 5 aromatic rings. The van der Waals surface area contributed by atoms with Gasteiger partial charge in [-0.1, -0.05) is 60.7 Å². The Morgan fingerprint density at radius 3 is 2.47 bits per heavy atom. The van der Waals surface area contributed by atoms with Crippen molar-refractivity contribution in [1.29, 1.82) is 0 Å². The number of nitrogens with zero attached hydrogens (tertiary/aromatic N) is 4. The average molecular weight is 478 g/mol. The highest BCUT2D eigenvalue weighted by atomic mass is 16.1. The monoisotopic (exact) mass is 477 g/mol. The second-order valence-electron chi connectivity index (χ2n) is 8.96. The predicted molar refractivity (Wildman–Crippen MR) is 140 cm³/mol. The lowest BCUT2D eigenvalue weighted by Gasteiger charge is -2.15. The van der Waals surface area contributed by atoms with Gasteiger partial charge in [-0.25, -0.2) is 9.67 Å². The second-order valence-corrected chi connectivity index (χ2v) is 8.96. The van der Waals surface area contributed by atoms with Gasteiger partial charge in [-0.3, -0.25) is 14.6 Å². The molecule has 0 spiro atoms. The Balaban J connectivity index is 1.37. The third-order valence-electron chi connectivity index (χ3n) is 6.38. The van der Waals surface area contributed by atoms with Gasteiger partial charge in [0.1, 0.15) is 17.3 Å². The molecule has 0 fully saturated rings. The molecule has 0 radical (unpaired) electrons. The van der Waals surface area contributed by atoms with E-state index in [2.05, 4.69) is 27.2 Å². The molecule has 3 heterocycles. The summed E-state index contributed by atoms with van der Waals surface area (Å²) in [6.45, 7) is 1.57. The minimum Gasteiger partial charge on any atom is -0.310 e. The molecular weight excluding hydrogens is 450 g/mol. The number of Topliss-reactive ketones (excluding diaryl/α,β-unsaturated/α-hetero) is 1. The fourth-order valence-electron chi connectivity index (χ4n) is 4.48. The SMILES string of the molecule is CC(=O)C(CCCc1ccccc1)n1ncc2c(=O)[nH]c(Cc3ccc(-c4cccnc4)cc3)nc21. The van der Waals surface area contributed by atoms with Gasteiger partial charge in [0.2, 0.25) is 0 Å². The summed E-state index contributed by atoms with van der Waals surface area (Å²) in [4.78, 5) is 37.1. The summed E-state index contributed by atoms with van der Waals surface area (Å²) in [5, 5.41) is 4.79. The summed E-state index contributed by atoms with van der Waals surface area (Å²) in [7, 11) is 0. The van der Waals surface area contributed by atoms with Crippen LogP contribution in [0.15, 0.2) is 90.1 Å². The molecule has 0 aliphatic carbocycles. The van der Waals surface area contributed by atoms with Crippen LogP contribution >= 0.6 is 0 Å². The normalized spacial score (nSPS) is 12.0. The van der Waals surface area contributed by atoms with E-state index < -0.39 is 6.04 Å². The molecule has 0 amide bonds. The molecule has 7 heteroatoms. The molecule has 7 nitrogen and oxygen atoms in total. The van der Waals surface area contributed by atoms with Crippen LogP contribution in [0.3, 0.4) is 0 Å². The topological polar surface area (TPSA) is 93.5 Å². The van der Waals surface area contributed by atoms with Crippen molar-refractivity contribution in [2.45, 2.75) is 38.6 Å². The number of aryl methyl sites for hydroxylation is 1. The molecule has 180 valence electrons. The van der Waals surface area contributed by atoms with Gasteiger partial charge in [0.05, 0.1) is 6.20 Å². The van der Waals surface area contributed by atoms with Crippen molar-refractivity contribution in [3.05, 3.63) is 113 Å². The molecule has 1 unspecified atom stereocenters. The zero-order chi connectivity index (χ0) is 24.9. The van der Waals surface area contributed by atoms with Gasteiger partial charge in [0.15, 0.2) is 11.4 Å². The molecule has 3 aromatic heterocycles. The van der Waals surface area contributed by atoms with Gasteiger partial charge in [-0.05, 0) is 54.5 Å². The Labute approximate surface area is 208 Å². The lowest BCUT2D eigenvalue weighted by molar-refractivity contribution is -0.120. The zero-order valence-electron chi connectivity index (χ0n) is 20.1. The van der Waals surface area contributed by atoms with E-state index in [1.807, 2.05) is 60.8 Å². The number of hydrogen-bond acceptors (Lipinski definition) is 5. The largest absolute Gasteiger partial charge is 0.310 e. The summed E-state index contributed by atoms with van der Waals surface area (Å²) in [5.74, 6) is 0.539. The Morgan fingerprint density at radius 2 is 1.75 bits per heavy atom. The van der Waals surface area contributed by atoms with Gasteiger partial charge in [-0.15, -0.1) is 0 Å². The summed E-state index contributed by atoms with van der Waals surface area (Å²) >= 11 is 0. The van der Waals surface area contributed by atoms with Gasteiger partial charge in [0.25, 0.3) is 5.56 Å². The number of aromatic nitrogens is 5. The Bertz CT molecular complexity index is 1520. The molecule has 2 aromatic carbocycles. The van der Waals surface area contributed by atoms with Crippen LogP contribution in [-0.2, 0) is 17.6 Å². The number of hydrogen-bond donors (Lipinski definition) is 1. The molecule has 0 saturated heterocycles. The highest BCUT2D eigenvalue weighted by Gasteiger charge is 2.21. The van der Waals surface area contributed by atoms with Crippen molar-refractivity contribution in [3.63, 3.8) is 0 Å². The number of ketones is 1. The number of carbonyl (C=O) groups is 1. The van der Waals surface area contributed by atoms with E-state index in [1.54, 1.807) is 17.8 Å². The summed E-state index contributed by atoms with van der Waals surface area (Å²) in [5.41, 5.74) is 4.56. The molecular formula is C29H27N5O2. The minimum atomic E-state index is -0.466. The van der Waals surface area contributed by atoms with Crippen LogP contribution in [0.4, 0.5) is 0 Å². The van der Waals surface area contributed by atoms with E-state index in [1.165, 1.54) is 11.8 Å². The van der Waals surface area contributed by atoms with Crippen LogP contribution in [0.5, 0.6) is 0 Å². The van der Waals surface area contributed by atoms with E-state index in [9.17, 15) is 9.59 Å². The van der Waals surface area contributed by atoms with Crippen LogP contribution in [0.25, 0.3) is 22.2 Å². The van der Waals surface area contributed by atoms with E-state index in [0.29, 0.717) is 29.7 Å². The number of nitrogens with one attached hydrogen (secondary N) is 1. The van der Waals surface area contributed by atoms with Crippen molar-refractivity contribution in [2.24, 2.45) is 0 Å². The molecule has 0 bridgehead atoms. The van der Waals surface area contributed by atoms with Crippen LogP contribution in [0, 0.1) is 0 Å². The standard InChI is InChI=1S/C29H27N5O2/c1-20(35)26(11-5-9-21-7-3-2-4-8-21)34-28-25(19-31-34)29(36)33-27(32-28)17-22-12-14-23(15-13-22)24-10-6-16-30-18-24/h2-4,6-8,10,12-16,18-19,26H,5,9,11,17H2,1H3,(H,32,33,36). The van der Waals surface area contributed by atoms with Crippen molar-refractivity contribution in [3.8, 4) is 11.1 Å². The van der Waals surface area contributed by atoms with Crippen LogP contribution in [0.2, 0.25) is 0 Å². The maximum atomic E-state index is 12.8. The smallest absolute Gasteiger partial charge is 0.262 e. The van der Waals surface area contributed by atoms with Gasteiger partial charge >= 0.3 is 0 Å². The first-order valence-corrected chi connectivity index (χ1v) is 12.1. The summed E-state index contributed by atoms with van der Waals surface area (Å²) in [6.07, 6.45) is 7.87. The zero-order valence-corrected chi connectivity index (χ0v) is 20.1. The Hall–Kier alpha value is -4.39. The quantitative estimate of drug-likeness (QED) is 0.325. The number of benzene rings is 2. The number of fused-ring (bicyclic) bond motifs is 1. The van der Waals surface area contributed by atoms with Crippen molar-refractivity contribution in [1.82, 2.24) is 24.7 Å². The fourth-order valence-corrected chi connectivity index (χ4v) is 4.48.